The summed E-state index contributed by atoms with van der Waals surface area (Å²) in [6, 6.07) is 3.92. The summed E-state index contributed by atoms with van der Waals surface area (Å²) in [5.41, 5.74) is 5.19. The van der Waals surface area contributed by atoms with Gasteiger partial charge in [0, 0.05) is 17.8 Å². The summed E-state index contributed by atoms with van der Waals surface area (Å²) >= 11 is 0. The number of hydrogen-bond donors (Lipinski definition) is 2. The van der Waals surface area contributed by atoms with Gasteiger partial charge in [0.05, 0.1) is 10.3 Å². The Morgan fingerprint density at radius 2 is 2.12 bits per heavy atom. The van der Waals surface area contributed by atoms with E-state index in [0.717, 1.165) is 0 Å². The van der Waals surface area contributed by atoms with E-state index >= 15 is 0 Å². The quantitative estimate of drug-likeness (QED) is 0.455. The first kappa shape index (κ1) is 10.4. The number of hydrogen-bond acceptors (Lipinski definition) is 4. The Hall–Kier alpha value is -2.11. The molecule has 1 saturated carbocycles. The first-order valence-corrected chi connectivity index (χ1v) is 4.75. The number of nitrogens with zero attached hydrogens (tertiary/aromatic N) is 1. The molecule has 0 aliphatic heterocycles. The molecule has 0 amide bonds. The molecular weight excluding hydrogens is 212 g/mol. The van der Waals surface area contributed by atoms with Gasteiger partial charge in [-0.1, -0.05) is 0 Å². The minimum absolute atomic E-state index is 0.128. The maximum absolute atomic E-state index is 11.1. The van der Waals surface area contributed by atoms with Gasteiger partial charge in [0.1, 0.15) is 0 Å². The van der Waals surface area contributed by atoms with Crippen molar-refractivity contribution in [1.82, 2.24) is 0 Å². The zero-order chi connectivity index (χ0) is 11.9. The van der Waals surface area contributed by atoms with E-state index in [9.17, 15) is 14.9 Å². The zero-order valence-electron chi connectivity index (χ0n) is 8.34. The van der Waals surface area contributed by atoms with Crippen LogP contribution in [0.15, 0.2) is 18.2 Å². The summed E-state index contributed by atoms with van der Waals surface area (Å²) in [5, 5.41) is 19.7. The van der Waals surface area contributed by atoms with Crippen LogP contribution in [0, 0.1) is 10.1 Å². The Morgan fingerprint density at radius 3 is 2.56 bits per heavy atom. The van der Waals surface area contributed by atoms with Crippen molar-refractivity contribution in [3.63, 3.8) is 0 Å². The Morgan fingerprint density at radius 1 is 1.50 bits per heavy atom. The third-order valence-electron chi connectivity index (χ3n) is 2.92. The second kappa shape index (κ2) is 3.19. The van der Waals surface area contributed by atoms with Gasteiger partial charge in [-0.2, -0.15) is 0 Å². The molecule has 1 aromatic carbocycles. The van der Waals surface area contributed by atoms with E-state index in [4.69, 9.17) is 10.8 Å². The lowest BCUT2D eigenvalue weighted by Crippen LogP contribution is -2.21. The summed E-state index contributed by atoms with van der Waals surface area (Å²) in [6.07, 6.45) is 0.960. The number of benzene rings is 1. The molecule has 0 aromatic heterocycles. The fraction of sp³-hybridized carbons (Fsp3) is 0.300. The summed E-state index contributed by atoms with van der Waals surface area (Å²) < 4.78 is 0. The van der Waals surface area contributed by atoms with Gasteiger partial charge in [0.15, 0.2) is 0 Å². The van der Waals surface area contributed by atoms with Crippen molar-refractivity contribution in [1.29, 1.82) is 0 Å². The van der Waals surface area contributed by atoms with E-state index < -0.39 is 16.3 Å². The fourth-order valence-electron chi connectivity index (χ4n) is 1.80. The van der Waals surface area contributed by atoms with Gasteiger partial charge in [-0.05, 0) is 24.5 Å². The van der Waals surface area contributed by atoms with Gasteiger partial charge >= 0.3 is 5.97 Å². The fourth-order valence-corrected chi connectivity index (χ4v) is 1.80. The van der Waals surface area contributed by atoms with E-state index in [0.29, 0.717) is 24.1 Å². The van der Waals surface area contributed by atoms with Crippen LogP contribution in [0.25, 0.3) is 0 Å². The van der Waals surface area contributed by atoms with E-state index in [1.165, 1.54) is 18.2 Å². The van der Waals surface area contributed by atoms with Crippen LogP contribution in [0.1, 0.15) is 18.4 Å². The molecule has 1 aromatic rings. The summed E-state index contributed by atoms with van der Waals surface area (Å²) in [5.74, 6) is -0.973. The number of nitrogen functional groups attached to an aromatic ring is 1. The van der Waals surface area contributed by atoms with Crippen LogP contribution in [-0.2, 0) is 10.2 Å². The standard InChI is InChI=1S/C10H10N2O4/c11-8-2-1-6(12(15)16)5-7(8)10(3-4-10)9(13)14/h1-2,5H,3-4,11H2,(H,13,14). The highest BCUT2D eigenvalue weighted by Crippen LogP contribution is 2.51. The molecule has 16 heavy (non-hydrogen) atoms. The van der Waals surface area contributed by atoms with Crippen molar-refractivity contribution in [2.75, 3.05) is 5.73 Å². The molecule has 84 valence electrons. The summed E-state index contributed by atoms with van der Waals surface area (Å²) in [7, 11) is 0. The average Bonchev–Trinajstić information content (AvgIpc) is 2.98. The maximum atomic E-state index is 11.1. The molecule has 1 aliphatic carbocycles. The number of nitro benzene ring substituents is 1. The SMILES string of the molecule is Nc1ccc([N+](=O)[O-])cc1C1(C(=O)O)CC1. The number of anilines is 1. The van der Waals surface area contributed by atoms with Crippen LogP contribution < -0.4 is 5.73 Å². The van der Waals surface area contributed by atoms with Crippen LogP contribution in [-0.4, -0.2) is 16.0 Å². The number of non-ortho nitro benzene ring substituents is 1. The number of nitro groups is 1. The Kier molecular flexibility index (Phi) is 2.08. The predicted octanol–water partition coefficient (Wildman–Crippen LogP) is 1.29. The molecule has 3 N–H and O–H groups in total. The molecule has 0 bridgehead atoms. The van der Waals surface area contributed by atoms with Crippen LogP contribution >= 0.6 is 0 Å². The molecule has 0 atom stereocenters. The van der Waals surface area contributed by atoms with Crippen LogP contribution in [0.2, 0.25) is 0 Å². The second-order valence-electron chi connectivity index (χ2n) is 3.92. The van der Waals surface area contributed by atoms with Gasteiger partial charge in [0.25, 0.3) is 5.69 Å². The molecule has 0 spiro atoms. The number of carboxylic acids is 1. The largest absolute Gasteiger partial charge is 0.481 e. The monoisotopic (exact) mass is 222 g/mol. The number of aliphatic carboxylic acids is 1. The zero-order valence-corrected chi connectivity index (χ0v) is 8.34. The third-order valence-corrected chi connectivity index (χ3v) is 2.92. The summed E-state index contributed by atoms with van der Waals surface area (Å²) in [4.78, 5) is 21.1. The van der Waals surface area contributed by atoms with Gasteiger partial charge in [0.2, 0.25) is 0 Å². The van der Waals surface area contributed by atoms with Gasteiger partial charge < -0.3 is 10.8 Å². The molecule has 0 saturated heterocycles. The lowest BCUT2D eigenvalue weighted by molar-refractivity contribution is -0.384. The van der Waals surface area contributed by atoms with Crippen LogP contribution in [0.5, 0.6) is 0 Å². The Bertz CT molecular complexity index is 480. The minimum Gasteiger partial charge on any atom is -0.481 e. The number of carbonyl (C=O) groups is 1. The van der Waals surface area contributed by atoms with Crippen molar-refractivity contribution < 1.29 is 14.8 Å². The highest BCUT2D eigenvalue weighted by atomic mass is 16.6. The Balaban J connectivity index is 2.52. The molecule has 1 aliphatic rings. The molecule has 0 heterocycles. The van der Waals surface area contributed by atoms with Crippen molar-refractivity contribution in [2.24, 2.45) is 0 Å². The average molecular weight is 222 g/mol. The topological polar surface area (TPSA) is 106 Å². The van der Waals surface area contributed by atoms with E-state index in [1.807, 2.05) is 0 Å². The van der Waals surface area contributed by atoms with E-state index in [-0.39, 0.29) is 5.69 Å². The highest BCUT2D eigenvalue weighted by molar-refractivity contribution is 5.87. The normalized spacial score (nSPS) is 16.8. The van der Waals surface area contributed by atoms with Gasteiger partial charge in [-0.15, -0.1) is 0 Å². The smallest absolute Gasteiger partial charge is 0.314 e. The van der Waals surface area contributed by atoms with Crippen molar-refractivity contribution >= 4 is 17.3 Å². The van der Waals surface area contributed by atoms with Crippen molar-refractivity contribution in [2.45, 2.75) is 18.3 Å². The lowest BCUT2D eigenvalue weighted by atomic mass is 9.94. The van der Waals surface area contributed by atoms with Crippen LogP contribution in [0.4, 0.5) is 11.4 Å². The lowest BCUT2D eigenvalue weighted by Gasteiger charge is -2.12. The molecule has 6 nitrogen and oxygen atoms in total. The third kappa shape index (κ3) is 1.39. The summed E-state index contributed by atoms with van der Waals surface area (Å²) in [6.45, 7) is 0. The molecule has 6 heteroatoms. The van der Waals surface area contributed by atoms with E-state index in [2.05, 4.69) is 0 Å². The predicted molar refractivity (Wildman–Crippen MR) is 56.1 cm³/mol. The highest BCUT2D eigenvalue weighted by Gasteiger charge is 2.53. The first-order valence-electron chi connectivity index (χ1n) is 4.75. The molecular formula is C10H10N2O4. The molecule has 2 rings (SSSR count). The molecule has 0 unspecified atom stereocenters. The Labute approximate surface area is 90.8 Å². The number of nitrogens with two attached hydrogens (primary N) is 1. The molecule has 0 radical (unpaired) electrons. The van der Waals surface area contributed by atoms with Gasteiger partial charge in [-0.3, -0.25) is 14.9 Å². The van der Waals surface area contributed by atoms with Crippen LogP contribution in [0.3, 0.4) is 0 Å². The minimum atomic E-state index is -1.00. The number of rotatable bonds is 3. The van der Waals surface area contributed by atoms with Gasteiger partial charge in [-0.25, -0.2) is 0 Å². The van der Waals surface area contributed by atoms with E-state index in [1.54, 1.807) is 0 Å². The maximum Gasteiger partial charge on any atom is 0.314 e. The van der Waals surface area contributed by atoms with Crippen molar-refractivity contribution in [3.05, 3.63) is 33.9 Å². The first-order chi connectivity index (χ1) is 7.47. The van der Waals surface area contributed by atoms with Crippen molar-refractivity contribution in [3.8, 4) is 0 Å². The number of carboxylic acid groups (broad SMARTS) is 1. The second-order valence-corrected chi connectivity index (χ2v) is 3.92. The molecule has 1 fully saturated rings.